The van der Waals surface area contributed by atoms with E-state index in [-0.39, 0.29) is 12.1 Å². The molecule has 0 aromatic carbocycles. The van der Waals surface area contributed by atoms with Crippen molar-refractivity contribution in [1.82, 2.24) is 5.32 Å². The summed E-state index contributed by atoms with van der Waals surface area (Å²) in [6.07, 6.45) is 4.97. The summed E-state index contributed by atoms with van der Waals surface area (Å²) in [5, 5.41) is 12.5. The monoisotopic (exact) mass is 215 g/mol. The zero-order chi connectivity index (χ0) is 11.3. The van der Waals surface area contributed by atoms with Crippen molar-refractivity contribution in [3.8, 4) is 0 Å². The Bertz CT molecular complexity index is 186. The summed E-state index contributed by atoms with van der Waals surface area (Å²) in [7, 11) is 0. The molecule has 0 aromatic heterocycles. The number of nitrogens with one attached hydrogen (secondary N) is 1. The Kier molecular flexibility index (Phi) is 5.03. The second kappa shape index (κ2) is 5.83. The third-order valence-electron chi connectivity index (χ3n) is 3.52. The van der Waals surface area contributed by atoms with Crippen molar-refractivity contribution in [1.29, 1.82) is 0 Å². The molecule has 3 atom stereocenters. The van der Waals surface area contributed by atoms with E-state index in [0.29, 0.717) is 12.2 Å². The lowest BCUT2D eigenvalue weighted by atomic mass is 9.94. The summed E-state index contributed by atoms with van der Waals surface area (Å²) in [5.74, 6) is 0. The van der Waals surface area contributed by atoms with Gasteiger partial charge in [0.2, 0.25) is 0 Å². The number of rotatable bonds is 6. The molecule has 0 aliphatic carbocycles. The summed E-state index contributed by atoms with van der Waals surface area (Å²) in [6, 6.07) is 0. The van der Waals surface area contributed by atoms with Gasteiger partial charge >= 0.3 is 0 Å². The Morgan fingerprint density at radius 3 is 2.67 bits per heavy atom. The van der Waals surface area contributed by atoms with Crippen LogP contribution in [0.3, 0.4) is 0 Å². The van der Waals surface area contributed by atoms with Crippen LogP contribution in [-0.4, -0.2) is 36.0 Å². The fourth-order valence-electron chi connectivity index (χ4n) is 2.03. The highest BCUT2D eigenvalue weighted by molar-refractivity contribution is 4.84. The number of ether oxygens (including phenoxy) is 1. The van der Waals surface area contributed by atoms with Crippen molar-refractivity contribution in [2.75, 3.05) is 13.2 Å². The van der Waals surface area contributed by atoms with E-state index < -0.39 is 0 Å². The maximum absolute atomic E-state index is 9.00. The molecule has 3 unspecified atom stereocenters. The Morgan fingerprint density at radius 1 is 1.47 bits per heavy atom. The van der Waals surface area contributed by atoms with Crippen LogP contribution in [0.25, 0.3) is 0 Å². The predicted octanol–water partition coefficient (Wildman–Crippen LogP) is 1.69. The van der Waals surface area contributed by atoms with E-state index in [1.54, 1.807) is 0 Å². The smallest absolute Gasteiger partial charge is 0.0704 e. The topological polar surface area (TPSA) is 41.5 Å². The van der Waals surface area contributed by atoms with Crippen molar-refractivity contribution >= 4 is 0 Å². The molecule has 15 heavy (non-hydrogen) atoms. The van der Waals surface area contributed by atoms with E-state index >= 15 is 0 Å². The molecular weight excluding hydrogens is 190 g/mol. The fourth-order valence-corrected chi connectivity index (χ4v) is 2.03. The van der Waals surface area contributed by atoms with Gasteiger partial charge in [-0.25, -0.2) is 0 Å². The first-order valence-corrected chi connectivity index (χ1v) is 6.11. The number of aliphatic hydroxyl groups is 1. The van der Waals surface area contributed by atoms with Gasteiger partial charge in [0.05, 0.1) is 12.2 Å². The van der Waals surface area contributed by atoms with Gasteiger partial charge in [-0.1, -0.05) is 6.92 Å². The van der Waals surface area contributed by atoms with Gasteiger partial charge in [0.1, 0.15) is 0 Å². The van der Waals surface area contributed by atoms with Gasteiger partial charge in [-0.3, -0.25) is 0 Å². The van der Waals surface area contributed by atoms with Crippen molar-refractivity contribution in [3.05, 3.63) is 0 Å². The predicted molar refractivity (Wildman–Crippen MR) is 62.0 cm³/mol. The first kappa shape index (κ1) is 12.9. The Morgan fingerprint density at radius 2 is 2.20 bits per heavy atom. The Balaban J connectivity index is 2.27. The number of aliphatic hydroxyl groups excluding tert-OH is 1. The molecule has 3 heteroatoms. The molecule has 1 rings (SSSR count). The van der Waals surface area contributed by atoms with E-state index in [9.17, 15) is 0 Å². The largest absolute Gasteiger partial charge is 0.396 e. The van der Waals surface area contributed by atoms with Crippen LogP contribution in [-0.2, 0) is 4.74 Å². The normalized spacial score (nSPS) is 30.4. The molecule has 0 radical (unpaired) electrons. The molecule has 90 valence electrons. The molecule has 1 aliphatic heterocycles. The van der Waals surface area contributed by atoms with E-state index in [2.05, 4.69) is 26.1 Å². The van der Waals surface area contributed by atoms with Gasteiger partial charge in [0.15, 0.2) is 0 Å². The molecule has 3 nitrogen and oxygen atoms in total. The minimum Gasteiger partial charge on any atom is -0.396 e. The summed E-state index contributed by atoms with van der Waals surface area (Å²) in [4.78, 5) is 0. The highest BCUT2D eigenvalue weighted by Gasteiger charge is 2.26. The summed E-state index contributed by atoms with van der Waals surface area (Å²) in [6.45, 7) is 7.61. The van der Waals surface area contributed by atoms with Crippen LogP contribution in [0.5, 0.6) is 0 Å². The second-order valence-electron chi connectivity index (χ2n) is 4.91. The molecule has 0 spiro atoms. The molecule has 0 aromatic rings. The zero-order valence-corrected chi connectivity index (χ0v) is 10.3. The Labute approximate surface area is 93.2 Å². The average molecular weight is 215 g/mol. The fraction of sp³-hybridized carbons (Fsp3) is 1.00. The minimum atomic E-state index is 0.0595. The van der Waals surface area contributed by atoms with Crippen LogP contribution in [0.4, 0.5) is 0 Å². The number of hydrogen-bond donors (Lipinski definition) is 2. The molecule has 1 fully saturated rings. The lowest BCUT2D eigenvalue weighted by Gasteiger charge is -2.30. The summed E-state index contributed by atoms with van der Waals surface area (Å²) < 4.78 is 5.75. The molecular formula is C12H25NO2. The maximum Gasteiger partial charge on any atom is 0.0704 e. The lowest BCUT2D eigenvalue weighted by molar-refractivity contribution is 0.0492. The van der Waals surface area contributed by atoms with Gasteiger partial charge in [-0.2, -0.15) is 0 Å². The average Bonchev–Trinajstić information content (AvgIpc) is 2.62. The van der Waals surface area contributed by atoms with E-state index in [1.807, 2.05) is 0 Å². The standard InChI is InChI=1S/C12H25NO2/c1-4-12(3,7-8-14)13-9-11-6-5-10(2)15-11/h10-11,13-14H,4-9H2,1-3H3. The number of hydrogen-bond acceptors (Lipinski definition) is 3. The van der Waals surface area contributed by atoms with Crippen LogP contribution in [0, 0.1) is 0 Å². The molecule has 1 heterocycles. The van der Waals surface area contributed by atoms with Crippen LogP contribution in [0.2, 0.25) is 0 Å². The van der Waals surface area contributed by atoms with Gasteiger partial charge < -0.3 is 15.2 Å². The van der Waals surface area contributed by atoms with Crippen molar-refractivity contribution < 1.29 is 9.84 Å². The van der Waals surface area contributed by atoms with Crippen molar-refractivity contribution in [2.45, 2.75) is 64.2 Å². The Hall–Kier alpha value is -0.120. The van der Waals surface area contributed by atoms with E-state index in [4.69, 9.17) is 9.84 Å². The molecule has 0 saturated carbocycles. The minimum absolute atomic E-state index is 0.0595. The van der Waals surface area contributed by atoms with Crippen LogP contribution in [0.15, 0.2) is 0 Å². The van der Waals surface area contributed by atoms with Gasteiger partial charge in [-0.15, -0.1) is 0 Å². The lowest BCUT2D eigenvalue weighted by Crippen LogP contribution is -2.46. The zero-order valence-electron chi connectivity index (χ0n) is 10.3. The van der Waals surface area contributed by atoms with Crippen LogP contribution in [0.1, 0.15) is 46.5 Å². The summed E-state index contributed by atoms with van der Waals surface area (Å²) in [5.41, 5.74) is 0.0595. The van der Waals surface area contributed by atoms with Crippen LogP contribution >= 0.6 is 0 Å². The highest BCUT2D eigenvalue weighted by Crippen LogP contribution is 2.20. The molecule has 2 N–H and O–H groups in total. The van der Waals surface area contributed by atoms with Crippen molar-refractivity contribution in [2.24, 2.45) is 0 Å². The first-order valence-electron chi connectivity index (χ1n) is 6.11. The molecule has 1 aliphatic rings. The third-order valence-corrected chi connectivity index (χ3v) is 3.52. The van der Waals surface area contributed by atoms with Gasteiger partial charge in [0, 0.05) is 18.7 Å². The quantitative estimate of drug-likeness (QED) is 0.708. The SMILES string of the molecule is CCC(C)(CCO)NCC1CCC(C)O1. The third kappa shape index (κ3) is 4.09. The molecule has 1 saturated heterocycles. The van der Waals surface area contributed by atoms with E-state index in [1.165, 1.54) is 6.42 Å². The van der Waals surface area contributed by atoms with Crippen molar-refractivity contribution in [3.63, 3.8) is 0 Å². The van der Waals surface area contributed by atoms with Gasteiger partial charge in [-0.05, 0) is 39.5 Å². The molecule has 0 amide bonds. The van der Waals surface area contributed by atoms with Crippen LogP contribution < -0.4 is 5.32 Å². The second-order valence-corrected chi connectivity index (χ2v) is 4.91. The van der Waals surface area contributed by atoms with Gasteiger partial charge in [0.25, 0.3) is 0 Å². The molecule has 0 bridgehead atoms. The first-order chi connectivity index (χ1) is 7.09. The summed E-state index contributed by atoms with van der Waals surface area (Å²) >= 11 is 0. The van der Waals surface area contributed by atoms with E-state index in [0.717, 1.165) is 25.8 Å². The maximum atomic E-state index is 9.00. The highest BCUT2D eigenvalue weighted by atomic mass is 16.5.